The summed E-state index contributed by atoms with van der Waals surface area (Å²) in [7, 11) is 0. The molecule has 6 nitrogen and oxygen atoms in total. The van der Waals surface area contributed by atoms with Gasteiger partial charge in [-0.2, -0.15) is 0 Å². The predicted molar refractivity (Wildman–Crippen MR) is 104 cm³/mol. The highest BCUT2D eigenvalue weighted by atomic mass is 16.5. The lowest BCUT2D eigenvalue weighted by atomic mass is 10.1. The van der Waals surface area contributed by atoms with E-state index in [2.05, 4.69) is 46.7 Å². The van der Waals surface area contributed by atoms with Crippen LogP contribution in [0.4, 0.5) is 0 Å². The minimum atomic E-state index is 0.318. The van der Waals surface area contributed by atoms with Crippen molar-refractivity contribution in [2.24, 2.45) is 4.99 Å². The maximum Gasteiger partial charge on any atom is 0.191 e. The summed E-state index contributed by atoms with van der Waals surface area (Å²) in [4.78, 5) is 7.14. The van der Waals surface area contributed by atoms with E-state index in [0.29, 0.717) is 12.6 Å². The van der Waals surface area contributed by atoms with Gasteiger partial charge in [-0.1, -0.05) is 24.3 Å². The average molecular weight is 361 g/mol. The van der Waals surface area contributed by atoms with Crippen molar-refractivity contribution in [2.45, 2.75) is 39.0 Å². The first-order chi connectivity index (χ1) is 12.8. The number of benzene rings is 1. The van der Waals surface area contributed by atoms with Crippen LogP contribution in [0.25, 0.3) is 0 Å². The standard InChI is InChI=1S/C20H32N4O2/c1-2-21-20(23-15-19-4-3-11-26-19)22-14-17-5-7-18(8-6-17)16-24-9-12-25-13-10-24/h5-8,19H,2-4,9-16H2,1H3,(H2,21,22,23). The fourth-order valence-corrected chi connectivity index (χ4v) is 3.30. The van der Waals surface area contributed by atoms with Gasteiger partial charge >= 0.3 is 0 Å². The van der Waals surface area contributed by atoms with Crippen molar-refractivity contribution >= 4 is 5.96 Å². The first-order valence-corrected chi connectivity index (χ1v) is 9.85. The quantitative estimate of drug-likeness (QED) is 0.573. The number of rotatable bonds is 7. The number of hydrogen-bond donors (Lipinski definition) is 2. The summed E-state index contributed by atoms with van der Waals surface area (Å²) in [6, 6.07) is 8.80. The van der Waals surface area contributed by atoms with Crippen LogP contribution < -0.4 is 10.6 Å². The van der Waals surface area contributed by atoms with Crippen LogP contribution in [0.2, 0.25) is 0 Å². The van der Waals surface area contributed by atoms with Gasteiger partial charge in [0.1, 0.15) is 0 Å². The summed E-state index contributed by atoms with van der Waals surface area (Å²) < 4.78 is 11.1. The zero-order valence-electron chi connectivity index (χ0n) is 15.9. The van der Waals surface area contributed by atoms with E-state index in [9.17, 15) is 0 Å². The second kappa shape index (κ2) is 10.5. The molecule has 26 heavy (non-hydrogen) atoms. The molecular formula is C20H32N4O2. The molecule has 0 aliphatic carbocycles. The van der Waals surface area contributed by atoms with Crippen LogP contribution in [0, 0.1) is 0 Å². The number of hydrogen-bond acceptors (Lipinski definition) is 4. The van der Waals surface area contributed by atoms with Crippen molar-refractivity contribution in [1.29, 1.82) is 0 Å². The summed E-state index contributed by atoms with van der Waals surface area (Å²) in [5, 5.41) is 6.70. The molecule has 0 spiro atoms. The van der Waals surface area contributed by atoms with Gasteiger partial charge in [0.05, 0.1) is 25.9 Å². The Labute approximate surface area is 157 Å². The van der Waals surface area contributed by atoms with E-state index in [-0.39, 0.29) is 0 Å². The molecule has 6 heteroatoms. The van der Waals surface area contributed by atoms with E-state index >= 15 is 0 Å². The summed E-state index contributed by atoms with van der Waals surface area (Å²) in [6.45, 7) is 10.1. The molecule has 1 atom stereocenters. The van der Waals surface area contributed by atoms with Gasteiger partial charge in [-0.05, 0) is 30.9 Å². The number of ether oxygens (including phenoxy) is 2. The van der Waals surface area contributed by atoms with Crippen LogP contribution in [0.5, 0.6) is 0 Å². The third-order valence-electron chi connectivity index (χ3n) is 4.82. The molecule has 2 fully saturated rings. The molecule has 0 bridgehead atoms. The van der Waals surface area contributed by atoms with Crippen LogP contribution in [-0.4, -0.2) is 63.0 Å². The maximum atomic E-state index is 5.66. The molecule has 0 radical (unpaired) electrons. The highest BCUT2D eigenvalue weighted by Crippen LogP contribution is 2.11. The highest BCUT2D eigenvalue weighted by molar-refractivity contribution is 5.79. The molecule has 2 aliphatic heterocycles. The van der Waals surface area contributed by atoms with E-state index < -0.39 is 0 Å². The minimum absolute atomic E-state index is 0.318. The summed E-state index contributed by atoms with van der Waals surface area (Å²) in [5.74, 6) is 0.861. The summed E-state index contributed by atoms with van der Waals surface area (Å²) >= 11 is 0. The molecule has 0 amide bonds. The molecule has 1 aromatic carbocycles. The fraction of sp³-hybridized carbons (Fsp3) is 0.650. The van der Waals surface area contributed by atoms with E-state index in [1.165, 1.54) is 11.1 Å². The lowest BCUT2D eigenvalue weighted by Crippen LogP contribution is -2.41. The average Bonchev–Trinajstić information content (AvgIpc) is 3.20. The summed E-state index contributed by atoms with van der Waals surface area (Å²) in [5.41, 5.74) is 2.58. The number of nitrogens with one attached hydrogen (secondary N) is 2. The molecule has 3 rings (SSSR count). The van der Waals surface area contributed by atoms with Crippen molar-refractivity contribution in [3.8, 4) is 0 Å². The Hall–Kier alpha value is -1.63. The van der Waals surface area contributed by atoms with Gasteiger partial charge in [0.25, 0.3) is 0 Å². The van der Waals surface area contributed by atoms with Crippen LogP contribution in [0.1, 0.15) is 30.9 Å². The van der Waals surface area contributed by atoms with Crippen molar-refractivity contribution in [2.75, 3.05) is 46.0 Å². The van der Waals surface area contributed by atoms with Crippen molar-refractivity contribution < 1.29 is 9.47 Å². The first kappa shape index (κ1) is 19.1. The van der Waals surface area contributed by atoms with Crippen LogP contribution in [-0.2, 0) is 22.6 Å². The molecule has 0 aromatic heterocycles. The van der Waals surface area contributed by atoms with Crippen molar-refractivity contribution in [3.63, 3.8) is 0 Å². The van der Waals surface area contributed by atoms with Gasteiger partial charge in [-0.3, -0.25) is 4.90 Å². The predicted octanol–water partition coefficient (Wildman–Crippen LogP) is 1.75. The second-order valence-corrected chi connectivity index (χ2v) is 6.92. The number of aliphatic imine (C=N–C) groups is 1. The smallest absolute Gasteiger partial charge is 0.191 e. The monoisotopic (exact) mass is 360 g/mol. The Morgan fingerprint density at radius 1 is 1.12 bits per heavy atom. The maximum absolute atomic E-state index is 5.66. The largest absolute Gasteiger partial charge is 0.379 e. The zero-order valence-corrected chi connectivity index (χ0v) is 15.9. The van der Waals surface area contributed by atoms with Gasteiger partial charge in [0.15, 0.2) is 5.96 Å². The molecule has 2 aliphatic rings. The molecule has 2 N–H and O–H groups in total. The van der Waals surface area contributed by atoms with Gasteiger partial charge < -0.3 is 20.1 Å². The minimum Gasteiger partial charge on any atom is -0.379 e. The topological polar surface area (TPSA) is 58.1 Å². The molecule has 1 aromatic rings. The summed E-state index contributed by atoms with van der Waals surface area (Å²) in [6.07, 6.45) is 2.62. The number of nitrogens with zero attached hydrogens (tertiary/aromatic N) is 2. The van der Waals surface area contributed by atoms with Crippen LogP contribution >= 0.6 is 0 Å². The van der Waals surface area contributed by atoms with Crippen LogP contribution in [0.15, 0.2) is 29.3 Å². The molecule has 2 heterocycles. The Bertz CT molecular complexity index is 549. The van der Waals surface area contributed by atoms with Crippen molar-refractivity contribution in [1.82, 2.24) is 15.5 Å². The SMILES string of the molecule is CCNC(=NCc1ccc(CN2CCOCC2)cc1)NCC1CCCO1. The molecule has 1 unspecified atom stereocenters. The van der Waals surface area contributed by atoms with E-state index in [1.54, 1.807) is 0 Å². The van der Waals surface area contributed by atoms with Gasteiger partial charge in [-0.15, -0.1) is 0 Å². The van der Waals surface area contributed by atoms with E-state index in [1.807, 2.05) is 0 Å². The normalized spacial score (nSPS) is 21.7. The third-order valence-corrected chi connectivity index (χ3v) is 4.82. The fourth-order valence-electron chi connectivity index (χ4n) is 3.30. The molecule has 144 valence electrons. The number of guanidine groups is 1. The second-order valence-electron chi connectivity index (χ2n) is 6.92. The number of morpholine rings is 1. The van der Waals surface area contributed by atoms with Gasteiger partial charge in [-0.25, -0.2) is 4.99 Å². The van der Waals surface area contributed by atoms with Gasteiger partial charge in [0, 0.05) is 39.3 Å². The third kappa shape index (κ3) is 6.27. The Morgan fingerprint density at radius 3 is 2.58 bits per heavy atom. The first-order valence-electron chi connectivity index (χ1n) is 9.85. The molecular weight excluding hydrogens is 328 g/mol. The highest BCUT2D eigenvalue weighted by Gasteiger charge is 2.15. The van der Waals surface area contributed by atoms with Crippen molar-refractivity contribution in [3.05, 3.63) is 35.4 Å². The van der Waals surface area contributed by atoms with E-state index in [4.69, 9.17) is 14.5 Å². The Kier molecular flexibility index (Phi) is 7.73. The Morgan fingerprint density at radius 2 is 1.88 bits per heavy atom. The van der Waals surface area contributed by atoms with Crippen LogP contribution in [0.3, 0.4) is 0 Å². The zero-order chi connectivity index (χ0) is 18.0. The lowest BCUT2D eigenvalue weighted by molar-refractivity contribution is 0.0342. The molecule has 0 saturated carbocycles. The lowest BCUT2D eigenvalue weighted by Gasteiger charge is -2.26. The van der Waals surface area contributed by atoms with Gasteiger partial charge in [0.2, 0.25) is 0 Å². The van der Waals surface area contributed by atoms with E-state index in [0.717, 1.165) is 71.3 Å². The molecule has 2 saturated heterocycles. The Balaban J connectivity index is 1.48.